The number of carbonyl (C=O) groups is 1. The van der Waals surface area contributed by atoms with Crippen LogP contribution in [0.2, 0.25) is 5.15 Å². The van der Waals surface area contributed by atoms with Crippen LogP contribution in [0.1, 0.15) is 36.5 Å². The number of rotatable bonds is 4. The first-order valence-corrected chi connectivity index (χ1v) is 7.17. The van der Waals surface area contributed by atoms with Crippen LogP contribution in [-0.2, 0) is 16.8 Å². The van der Waals surface area contributed by atoms with Gasteiger partial charge < -0.3 is 9.84 Å². The molecule has 1 fully saturated rings. The SMILES string of the molecule is Cc1nc(C2(NC(=O)Cc3ccc(Cl)nc3)CCC2)no1. The van der Waals surface area contributed by atoms with E-state index >= 15 is 0 Å². The Hall–Kier alpha value is -1.95. The van der Waals surface area contributed by atoms with Crippen LogP contribution >= 0.6 is 11.6 Å². The molecule has 2 heterocycles. The number of carbonyl (C=O) groups excluding carboxylic acids is 1. The molecule has 0 unspecified atom stereocenters. The largest absolute Gasteiger partial charge is 0.343 e. The fourth-order valence-electron chi connectivity index (χ4n) is 2.44. The highest BCUT2D eigenvalue weighted by Crippen LogP contribution is 2.39. The van der Waals surface area contributed by atoms with E-state index in [-0.39, 0.29) is 12.3 Å². The average molecular weight is 307 g/mol. The number of hydrogen-bond donors (Lipinski definition) is 1. The van der Waals surface area contributed by atoms with Crippen molar-refractivity contribution >= 4 is 17.5 Å². The highest BCUT2D eigenvalue weighted by Gasteiger charge is 2.44. The Labute approximate surface area is 126 Å². The molecule has 3 rings (SSSR count). The lowest BCUT2D eigenvalue weighted by Crippen LogP contribution is -2.52. The molecule has 0 bridgehead atoms. The molecule has 0 aromatic carbocycles. The van der Waals surface area contributed by atoms with Gasteiger partial charge in [-0.15, -0.1) is 0 Å². The van der Waals surface area contributed by atoms with E-state index in [9.17, 15) is 4.79 Å². The molecular weight excluding hydrogens is 292 g/mol. The van der Waals surface area contributed by atoms with Crippen molar-refractivity contribution in [3.63, 3.8) is 0 Å². The van der Waals surface area contributed by atoms with E-state index in [2.05, 4.69) is 20.4 Å². The molecule has 0 radical (unpaired) electrons. The van der Waals surface area contributed by atoms with Gasteiger partial charge in [-0.1, -0.05) is 22.8 Å². The Bertz CT molecular complexity index is 649. The molecule has 7 heteroatoms. The maximum atomic E-state index is 12.2. The van der Waals surface area contributed by atoms with Gasteiger partial charge in [-0.3, -0.25) is 4.79 Å². The lowest BCUT2D eigenvalue weighted by Gasteiger charge is -2.39. The summed E-state index contributed by atoms with van der Waals surface area (Å²) in [4.78, 5) is 20.5. The second kappa shape index (κ2) is 5.44. The Morgan fingerprint density at radius 1 is 1.48 bits per heavy atom. The Morgan fingerprint density at radius 3 is 2.81 bits per heavy atom. The van der Waals surface area contributed by atoms with E-state index in [0.717, 1.165) is 24.8 Å². The summed E-state index contributed by atoms with van der Waals surface area (Å²) in [5, 5.41) is 7.40. The van der Waals surface area contributed by atoms with E-state index in [1.807, 2.05) is 0 Å². The molecule has 0 spiro atoms. The molecule has 1 aliphatic rings. The van der Waals surface area contributed by atoms with Gasteiger partial charge in [0.05, 0.1) is 6.42 Å². The van der Waals surface area contributed by atoms with Crippen molar-refractivity contribution in [3.05, 3.63) is 40.8 Å². The van der Waals surface area contributed by atoms with E-state index < -0.39 is 5.54 Å². The Morgan fingerprint density at radius 2 is 2.29 bits per heavy atom. The average Bonchev–Trinajstić information content (AvgIpc) is 2.83. The van der Waals surface area contributed by atoms with Gasteiger partial charge in [-0.05, 0) is 30.9 Å². The summed E-state index contributed by atoms with van der Waals surface area (Å²) >= 11 is 5.73. The zero-order valence-electron chi connectivity index (χ0n) is 11.6. The fourth-order valence-corrected chi connectivity index (χ4v) is 2.55. The monoisotopic (exact) mass is 306 g/mol. The number of nitrogens with one attached hydrogen (secondary N) is 1. The molecule has 6 nitrogen and oxygen atoms in total. The summed E-state index contributed by atoms with van der Waals surface area (Å²) < 4.78 is 5.02. The van der Waals surface area contributed by atoms with Gasteiger partial charge in [0.15, 0.2) is 5.82 Å². The van der Waals surface area contributed by atoms with Crippen LogP contribution in [0.5, 0.6) is 0 Å². The van der Waals surface area contributed by atoms with Crippen LogP contribution in [0.25, 0.3) is 0 Å². The number of aryl methyl sites for hydroxylation is 1. The number of hydrogen-bond acceptors (Lipinski definition) is 5. The molecule has 110 valence electrons. The van der Waals surface area contributed by atoms with Gasteiger partial charge in [0, 0.05) is 13.1 Å². The third kappa shape index (κ3) is 2.90. The standard InChI is InChI=1S/C14H15ClN4O2/c1-9-17-13(19-21-9)14(5-2-6-14)18-12(20)7-10-3-4-11(15)16-8-10/h3-4,8H,2,5-7H2,1H3,(H,18,20). The topological polar surface area (TPSA) is 80.9 Å². The first kappa shape index (κ1) is 14.0. The second-order valence-electron chi connectivity index (χ2n) is 5.29. The zero-order chi connectivity index (χ0) is 14.9. The van der Waals surface area contributed by atoms with Gasteiger partial charge in [0.2, 0.25) is 11.8 Å². The molecule has 1 saturated carbocycles. The van der Waals surface area contributed by atoms with Crippen molar-refractivity contribution in [2.45, 2.75) is 38.1 Å². The minimum Gasteiger partial charge on any atom is -0.343 e. The van der Waals surface area contributed by atoms with Crippen LogP contribution in [0.3, 0.4) is 0 Å². The van der Waals surface area contributed by atoms with E-state index in [1.165, 1.54) is 0 Å². The number of halogens is 1. The van der Waals surface area contributed by atoms with Gasteiger partial charge >= 0.3 is 0 Å². The first-order chi connectivity index (χ1) is 10.1. The maximum absolute atomic E-state index is 12.2. The summed E-state index contributed by atoms with van der Waals surface area (Å²) in [6, 6.07) is 3.46. The van der Waals surface area contributed by atoms with Gasteiger partial charge in [0.1, 0.15) is 10.7 Å². The summed E-state index contributed by atoms with van der Waals surface area (Å²) in [5.74, 6) is 0.988. The van der Waals surface area contributed by atoms with Crippen LogP contribution in [0, 0.1) is 6.92 Å². The van der Waals surface area contributed by atoms with Crippen LogP contribution < -0.4 is 5.32 Å². The minimum atomic E-state index is -0.477. The lowest BCUT2D eigenvalue weighted by atomic mass is 9.76. The van der Waals surface area contributed by atoms with Crippen LogP contribution in [-0.4, -0.2) is 21.0 Å². The van der Waals surface area contributed by atoms with Gasteiger partial charge in [-0.2, -0.15) is 4.98 Å². The highest BCUT2D eigenvalue weighted by atomic mass is 35.5. The van der Waals surface area contributed by atoms with E-state index in [0.29, 0.717) is 16.9 Å². The predicted molar refractivity (Wildman–Crippen MR) is 75.7 cm³/mol. The van der Waals surface area contributed by atoms with Crippen molar-refractivity contribution in [3.8, 4) is 0 Å². The molecule has 1 amide bonds. The molecule has 0 atom stereocenters. The van der Waals surface area contributed by atoms with Crippen LogP contribution in [0.15, 0.2) is 22.9 Å². The Balaban J connectivity index is 1.69. The number of aromatic nitrogens is 3. The van der Waals surface area contributed by atoms with Crippen molar-refractivity contribution in [1.29, 1.82) is 0 Å². The molecule has 2 aromatic rings. The quantitative estimate of drug-likeness (QED) is 0.876. The third-order valence-corrected chi connectivity index (χ3v) is 3.92. The van der Waals surface area contributed by atoms with Crippen molar-refractivity contribution < 1.29 is 9.32 Å². The smallest absolute Gasteiger partial charge is 0.225 e. The first-order valence-electron chi connectivity index (χ1n) is 6.80. The third-order valence-electron chi connectivity index (χ3n) is 3.69. The minimum absolute atomic E-state index is 0.0822. The maximum Gasteiger partial charge on any atom is 0.225 e. The summed E-state index contributed by atoms with van der Waals surface area (Å²) in [6.07, 6.45) is 4.56. The van der Waals surface area contributed by atoms with Crippen molar-refractivity contribution in [1.82, 2.24) is 20.4 Å². The second-order valence-corrected chi connectivity index (χ2v) is 5.67. The van der Waals surface area contributed by atoms with Crippen LogP contribution in [0.4, 0.5) is 0 Å². The molecule has 1 N–H and O–H groups in total. The molecule has 21 heavy (non-hydrogen) atoms. The summed E-state index contributed by atoms with van der Waals surface area (Å²) in [5.41, 5.74) is 0.338. The Kier molecular flexibility index (Phi) is 3.63. The lowest BCUT2D eigenvalue weighted by molar-refractivity contribution is -0.123. The molecular formula is C14H15ClN4O2. The van der Waals surface area contributed by atoms with Crippen molar-refractivity contribution in [2.75, 3.05) is 0 Å². The highest BCUT2D eigenvalue weighted by molar-refractivity contribution is 6.29. The molecule has 0 saturated heterocycles. The van der Waals surface area contributed by atoms with E-state index in [4.69, 9.17) is 16.1 Å². The fraction of sp³-hybridized carbons (Fsp3) is 0.429. The van der Waals surface area contributed by atoms with Crippen molar-refractivity contribution in [2.24, 2.45) is 0 Å². The zero-order valence-corrected chi connectivity index (χ0v) is 12.4. The predicted octanol–water partition coefficient (Wildman–Crippen LogP) is 2.16. The molecule has 0 aliphatic heterocycles. The summed E-state index contributed by atoms with van der Waals surface area (Å²) in [7, 11) is 0. The normalized spacial score (nSPS) is 16.3. The van der Waals surface area contributed by atoms with Gasteiger partial charge in [0.25, 0.3) is 0 Å². The number of amides is 1. The number of nitrogens with zero attached hydrogens (tertiary/aromatic N) is 3. The van der Waals surface area contributed by atoms with Gasteiger partial charge in [-0.25, -0.2) is 4.98 Å². The molecule has 1 aliphatic carbocycles. The number of pyridine rings is 1. The molecule has 2 aromatic heterocycles. The summed E-state index contributed by atoms with van der Waals surface area (Å²) in [6.45, 7) is 1.74. The van der Waals surface area contributed by atoms with E-state index in [1.54, 1.807) is 25.3 Å².